The Labute approximate surface area is 173 Å². The second kappa shape index (κ2) is 8.44. The molecule has 0 aliphatic carbocycles. The van der Waals surface area contributed by atoms with Gasteiger partial charge >= 0.3 is 0 Å². The first-order valence-electron chi connectivity index (χ1n) is 11.0. The van der Waals surface area contributed by atoms with Crippen LogP contribution in [0.5, 0.6) is 0 Å². The van der Waals surface area contributed by atoms with Crippen molar-refractivity contribution in [2.45, 2.75) is 51.7 Å². The first-order chi connectivity index (χ1) is 14.0. The molecule has 0 bridgehead atoms. The molecule has 3 aliphatic heterocycles. The van der Waals surface area contributed by atoms with E-state index in [1.54, 1.807) is 0 Å². The molecule has 6 nitrogen and oxygen atoms in total. The van der Waals surface area contributed by atoms with Gasteiger partial charge in [0.05, 0.1) is 19.1 Å². The summed E-state index contributed by atoms with van der Waals surface area (Å²) in [6, 6.07) is 8.45. The van der Waals surface area contributed by atoms with E-state index in [1.165, 1.54) is 11.1 Å². The second-order valence-corrected chi connectivity index (χ2v) is 9.23. The van der Waals surface area contributed by atoms with Gasteiger partial charge in [0.1, 0.15) is 0 Å². The summed E-state index contributed by atoms with van der Waals surface area (Å²) in [5.41, 5.74) is 2.59. The van der Waals surface area contributed by atoms with E-state index in [9.17, 15) is 14.7 Å². The molecule has 3 atom stereocenters. The maximum absolute atomic E-state index is 13.6. The van der Waals surface area contributed by atoms with E-state index in [0.717, 1.165) is 32.4 Å². The summed E-state index contributed by atoms with van der Waals surface area (Å²) in [6.45, 7) is 7.46. The average Bonchev–Trinajstić information content (AvgIpc) is 3.05. The van der Waals surface area contributed by atoms with E-state index in [4.69, 9.17) is 0 Å². The minimum Gasteiger partial charge on any atom is -0.395 e. The number of carbonyl (C=O) groups is 2. The van der Waals surface area contributed by atoms with Gasteiger partial charge in [0.25, 0.3) is 0 Å². The van der Waals surface area contributed by atoms with Gasteiger partial charge in [-0.2, -0.15) is 0 Å². The van der Waals surface area contributed by atoms with E-state index < -0.39 is 0 Å². The Bertz CT molecular complexity index is 765. The van der Waals surface area contributed by atoms with Crippen molar-refractivity contribution in [2.75, 3.05) is 32.8 Å². The lowest BCUT2D eigenvalue weighted by molar-refractivity contribution is -0.142. The van der Waals surface area contributed by atoms with Crippen molar-refractivity contribution in [2.24, 2.45) is 11.8 Å². The highest BCUT2D eigenvalue weighted by Crippen LogP contribution is 2.38. The summed E-state index contributed by atoms with van der Waals surface area (Å²) >= 11 is 0. The molecule has 6 heteroatoms. The standard InChI is InChI=1S/C23H33N3O3/c1-16(2)11-21-20(12-19-14-24(9-10-27)15-22(28)26(19)21)23(29)25-8-7-17-5-3-4-6-18(17)13-25/h3-6,16,19-21,27H,7-15H2,1-2H3/t19-,20-,21-/m1/s1. The Morgan fingerprint density at radius 1 is 1.21 bits per heavy atom. The summed E-state index contributed by atoms with van der Waals surface area (Å²) in [4.78, 5) is 32.6. The number of aliphatic hydroxyl groups excluding tert-OH is 1. The van der Waals surface area contributed by atoms with Crippen molar-refractivity contribution in [1.82, 2.24) is 14.7 Å². The largest absolute Gasteiger partial charge is 0.395 e. The number of β-amino-alcohol motifs (C(OH)–C–C–N with tert-alkyl or cyclic N) is 1. The Morgan fingerprint density at radius 3 is 2.69 bits per heavy atom. The minimum atomic E-state index is -0.120. The lowest BCUT2D eigenvalue weighted by atomic mass is 9.90. The zero-order chi connectivity index (χ0) is 20.5. The molecule has 158 valence electrons. The lowest BCUT2D eigenvalue weighted by Crippen LogP contribution is -2.57. The molecule has 2 saturated heterocycles. The van der Waals surface area contributed by atoms with Gasteiger partial charge in [0.2, 0.25) is 11.8 Å². The highest BCUT2D eigenvalue weighted by Gasteiger charge is 2.50. The number of rotatable bonds is 5. The molecule has 1 aromatic carbocycles. The highest BCUT2D eigenvalue weighted by atomic mass is 16.3. The Balaban J connectivity index is 1.54. The predicted octanol–water partition coefficient (Wildman–Crippen LogP) is 1.51. The summed E-state index contributed by atoms with van der Waals surface area (Å²) in [5, 5.41) is 9.28. The smallest absolute Gasteiger partial charge is 0.237 e. The third-order valence-electron chi connectivity index (χ3n) is 6.75. The highest BCUT2D eigenvalue weighted by molar-refractivity contribution is 5.85. The van der Waals surface area contributed by atoms with E-state index in [-0.39, 0.29) is 36.4 Å². The van der Waals surface area contributed by atoms with Crippen LogP contribution in [-0.2, 0) is 22.6 Å². The summed E-state index contributed by atoms with van der Waals surface area (Å²) < 4.78 is 0. The number of hydrogen-bond acceptors (Lipinski definition) is 4. The first-order valence-corrected chi connectivity index (χ1v) is 11.0. The number of benzene rings is 1. The molecular formula is C23H33N3O3. The van der Waals surface area contributed by atoms with Crippen LogP contribution in [0.2, 0.25) is 0 Å². The fourth-order valence-corrected chi connectivity index (χ4v) is 5.47. The number of hydrogen-bond donors (Lipinski definition) is 1. The molecule has 1 N–H and O–H groups in total. The fourth-order valence-electron chi connectivity index (χ4n) is 5.47. The van der Waals surface area contributed by atoms with Crippen LogP contribution in [-0.4, -0.2) is 76.5 Å². The Morgan fingerprint density at radius 2 is 1.97 bits per heavy atom. The van der Waals surface area contributed by atoms with Crippen LogP contribution in [0.4, 0.5) is 0 Å². The molecule has 0 unspecified atom stereocenters. The van der Waals surface area contributed by atoms with Gasteiger partial charge in [-0.05, 0) is 36.3 Å². The van der Waals surface area contributed by atoms with Gasteiger partial charge in [0.15, 0.2) is 0 Å². The lowest BCUT2D eigenvalue weighted by Gasteiger charge is -2.40. The SMILES string of the molecule is CC(C)C[C@@H]1[C@H](C(=O)N2CCc3ccccc3C2)C[C@@H]2CN(CCO)CC(=O)N21. The van der Waals surface area contributed by atoms with Crippen LogP contribution < -0.4 is 0 Å². The molecular weight excluding hydrogens is 366 g/mol. The molecule has 2 amide bonds. The maximum atomic E-state index is 13.6. The van der Waals surface area contributed by atoms with Crippen molar-refractivity contribution in [3.8, 4) is 0 Å². The van der Waals surface area contributed by atoms with E-state index in [2.05, 4.69) is 32.0 Å². The van der Waals surface area contributed by atoms with Gasteiger partial charge in [-0.15, -0.1) is 0 Å². The molecule has 0 radical (unpaired) electrons. The zero-order valence-electron chi connectivity index (χ0n) is 17.6. The van der Waals surface area contributed by atoms with Gasteiger partial charge < -0.3 is 14.9 Å². The third-order valence-corrected chi connectivity index (χ3v) is 6.75. The summed E-state index contributed by atoms with van der Waals surface area (Å²) in [6.07, 6.45) is 2.50. The maximum Gasteiger partial charge on any atom is 0.237 e. The molecule has 29 heavy (non-hydrogen) atoms. The third kappa shape index (κ3) is 4.05. The molecule has 0 aromatic heterocycles. The van der Waals surface area contributed by atoms with Crippen molar-refractivity contribution in [1.29, 1.82) is 0 Å². The molecule has 3 heterocycles. The number of carbonyl (C=O) groups excluding carboxylic acids is 2. The number of nitrogens with zero attached hydrogens (tertiary/aromatic N) is 3. The zero-order valence-corrected chi connectivity index (χ0v) is 17.6. The molecule has 1 aromatic rings. The summed E-state index contributed by atoms with van der Waals surface area (Å²) in [5.74, 6) is 0.630. The number of fused-ring (bicyclic) bond motifs is 2. The Kier molecular flexibility index (Phi) is 5.93. The van der Waals surface area contributed by atoms with Crippen molar-refractivity contribution in [3.05, 3.63) is 35.4 Å². The molecule has 3 aliphatic rings. The van der Waals surface area contributed by atoms with Crippen LogP contribution in [0.15, 0.2) is 24.3 Å². The van der Waals surface area contributed by atoms with Crippen molar-refractivity contribution >= 4 is 11.8 Å². The van der Waals surface area contributed by atoms with E-state index in [1.807, 2.05) is 20.8 Å². The van der Waals surface area contributed by atoms with Crippen LogP contribution in [0, 0.1) is 11.8 Å². The van der Waals surface area contributed by atoms with Crippen LogP contribution >= 0.6 is 0 Å². The van der Waals surface area contributed by atoms with E-state index in [0.29, 0.717) is 25.6 Å². The van der Waals surface area contributed by atoms with Gasteiger partial charge in [-0.1, -0.05) is 38.1 Å². The summed E-state index contributed by atoms with van der Waals surface area (Å²) in [7, 11) is 0. The molecule has 0 saturated carbocycles. The quantitative estimate of drug-likeness (QED) is 0.815. The molecule has 4 rings (SSSR count). The topological polar surface area (TPSA) is 64.1 Å². The van der Waals surface area contributed by atoms with Crippen molar-refractivity contribution in [3.63, 3.8) is 0 Å². The second-order valence-electron chi connectivity index (χ2n) is 9.23. The number of piperazine rings is 1. The van der Waals surface area contributed by atoms with Crippen LogP contribution in [0.3, 0.4) is 0 Å². The normalized spacial score (nSPS) is 27.3. The Hall–Kier alpha value is -1.92. The molecule has 2 fully saturated rings. The minimum absolute atomic E-state index is 0.00607. The first kappa shape index (κ1) is 20.4. The average molecular weight is 400 g/mol. The van der Waals surface area contributed by atoms with Gasteiger partial charge in [0, 0.05) is 38.3 Å². The van der Waals surface area contributed by atoms with Gasteiger partial charge in [-0.25, -0.2) is 0 Å². The fraction of sp³-hybridized carbons (Fsp3) is 0.652. The predicted molar refractivity (Wildman–Crippen MR) is 111 cm³/mol. The van der Waals surface area contributed by atoms with Crippen LogP contribution in [0.25, 0.3) is 0 Å². The van der Waals surface area contributed by atoms with Gasteiger partial charge in [-0.3, -0.25) is 14.5 Å². The number of aliphatic hydroxyl groups is 1. The monoisotopic (exact) mass is 399 g/mol. The number of amides is 2. The molecule has 0 spiro atoms. The van der Waals surface area contributed by atoms with Crippen molar-refractivity contribution < 1.29 is 14.7 Å². The van der Waals surface area contributed by atoms with Crippen LogP contribution in [0.1, 0.15) is 37.8 Å². The van der Waals surface area contributed by atoms with E-state index >= 15 is 0 Å².